The third-order valence-corrected chi connectivity index (χ3v) is 4.20. The number of carbonyl (C=O) groups excluding carboxylic acids is 1. The fourth-order valence-electron chi connectivity index (χ4n) is 2.43. The number of amides is 1. The van der Waals surface area contributed by atoms with Gasteiger partial charge in [0.2, 0.25) is 5.76 Å². The second-order valence-corrected chi connectivity index (χ2v) is 6.07. The molecule has 0 bridgehead atoms. The maximum Gasteiger partial charge on any atom is 0.412 e. The molecule has 0 spiro atoms. The Morgan fingerprint density at radius 2 is 2.11 bits per heavy atom. The van der Waals surface area contributed by atoms with Crippen molar-refractivity contribution in [3.05, 3.63) is 53.1 Å². The quantitative estimate of drug-likeness (QED) is 0.623. The summed E-state index contributed by atoms with van der Waals surface area (Å²) in [5, 5.41) is 9.85. The summed E-state index contributed by atoms with van der Waals surface area (Å²) in [4.78, 5) is 20.6. The smallest absolute Gasteiger partial charge is 0.412 e. The summed E-state index contributed by atoms with van der Waals surface area (Å²) in [6.07, 6.45) is 1.98. The highest BCUT2D eigenvalue weighted by atomic mass is 35.5. The Labute approximate surface area is 160 Å². The third-order valence-electron chi connectivity index (χ3n) is 3.88. The molecule has 3 heterocycles. The van der Waals surface area contributed by atoms with E-state index in [1.165, 1.54) is 0 Å². The van der Waals surface area contributed by atoms with E-state index in [9.17, 15) is 4.79 Å². The zero-order valence-corrected chi connectivity index (χ0v) is 15.7. The Hall–Kier alpha value is -3.13. The van der Waals surface area contributed by atoms with Crippen molar-refractivity contribution in [2.45, 2.75) is 20.0 Å². The van der Waals surface area contributed by atoms with Crippen LogP contribution in [0.4, 0.5) is 16.2 Å². The first-order valence-corrected chi connectivity index (χ1v) is 8.56. The Morgan fingerprint density at radius 1 is 1.30 bits per heavy atom. The van der Waals surface area contributed by atoms with E-state index in [-0.39, 0.29) is 5.15 Å². The van der Waals surface area contributed by atoms with Crippen LogP contribution < -0.4 is 10.6 Å². The van der Waals surface area contributed by atoms with Crippen molar-refractivity contribution in [3.8, 4) is 11.5 Å². The van der Waals surface area contributed by atoms with Gasteiger partial charge in [0, 0.05) is 18.8 Å². The second kappa shape index (κ2) is 8.05. The number of pyridine rings is 2. The lowest BCUT2D eigenvalue weighted by atomic mass is 10.2. The summed E-state index contributed by atoms with van der Waals surface area (Å²) in [5.41, 5.74) is 2.91. The number of nitrogens with one attached hydrogen (secondary N) is 2. The number of halogens is 1. The van der Waals surface area contributed by atoms with Crippen molar-refractivity contribution in [1.82, 2.24) is 15.1 Å². The monoisotopic (exact) mass is 387 g/mol. The molecular weight excluding hydrogens is 370 g/mol. The molecule has 0 saturated carbocycles. The normalized spacial score (nSPS) is 11.7. The molecule has 3 rings (SSSR count). The van der Waals surface area contributed by atoms with Crippen LogP contribution in [0.1, 0.15) is 24.3 Å². The Bertz CT molecular complexity index is 942. The van der Waals surface area contributed by atoms with E-state index in [0.29, 0.717) is 28.4 Å². The molecule has 0 aliphatic rings. The van der Waals surface area contributed by atoms with Crippen molar-refractivity contribution in [1.29, 1.82) is 0 Å². The molecule has 1 amide bonds. The van der Waals surface area contributed by atoms with Crippen LogP contribution in [-0.2, 0) is 4.74 Å². The summed E-state index contributed by atoms with van der Waals surface area (Å²) in [5.74, 6) is 0.346. The van der Waals surface area contributed by atoms with Crippen molar-refractivity contribution in [2.24, 2.45) is 0 Å². The van der Waals surface area contributed by atoms with Crippen molar-refractivity contribution in [3.63, 3.8) is 0 Å². The van der Waals surface area contributed by atoms with Crippen molar-refractivity contribution >= 4 is 29.1 Å². The molecule has 0 unspecified atom stereocenters. The summed E-state index contributed by atoms with van der Waals surface area (Å²) < 4.78 is 10.7. The molecule has 0 fully saturated rings. The van der Waals surface area contributed by atoms with E-state index >= 15 is 0 Å². The van der Waals surface area contributed by atoms with Gasteiger partial charge in [-0.05, 0) is 32.0 Å². The molecule has 0 saturated heterocycles. The highest BCUT2D eigenvalue weighted by Gasteiger charge is 2.21. The number of aromatic nitrogens is 3. The van der Waals surface area contributed by atoms with Crippen molar-refractivity contribution < 1.29 is 14.1 Å². The number of ether oxygens (including phenoxy) is 1. The number of hydrogen-bond acceptors (Lipinski definition) is 7. The fraction of sp³-hybridized carbons (Fsp3) is 0.222. The average Bonchev–Trinajstić information content (AvgIpc) is 3.02. The van der Waals surface area contributed by atoms with Crippen LogP contribution in [-0.4, -0.2) is 28.3 Å². The SMILES string of the molecule is CNc1ccc(-c2onc(C)c2NC(=O)O[C@H](C)c2cccnc2Cl)nc1. The number of carbonyl (C=O) groups is 1. The van der Waals surface area contributed by atoms with Gasteiger partial charge in [-0.25, -0.2) is 9.78 Å². The third kappa shape index (κ3) is 4.17. The van der Waals surface area contributed by atoms with E-state index in [1.807, 2.05) is 6.07 Å². The lowest BCUT2D eigenvalue weighted by molar-refractivity contribution is 0.121. The number of aryl methyl sites for hydroxylation is 1. The molecule has 8 nitrogen and oxygen atoms in total. The minimum atomic E-state index is -0.665. The van der Waals surface area contributed by atoms with Gasteiger partial charge in [-0.15, -0.1) is 0 Å². The Kier molecular flexibility index (Phi) is 5.56. The summed E-state index contributed by atoms with van der Waals surface area (Å²) in [6, 6.07) is 7.08. The highest BCUT2D eigenvalue weighted by molar-refractivity contribution is 6.30. The predicted molar refractivity (Wildman–Crippen MR) is 102 cm³/mol. The molecule has 0 aliphatic heterocycles. The fourth-order valence-corrected chi connectivity index (χ4v) is 2.70. The molecule has 0 aromatic carbocycles. The van der Waals surface area contributed by atoms with E-state index in [4.69, 9.17) is 20.9 Å². The summed E-state index contributed by atoms with van der Waals surface area (Å²) in [7, 11) is 1.80. The second-order valence-electron chi connectivity index (χ2n) is 5.71. The molecule has 27 heavy (non-hydrogen) atoms. The van der Waals surface area contributed by atoms with E-state index < -0.39 is 12.2 Å². The molecule has 3 aromatic rings. The minimum Gasteiger partial charge on any atom is -0.441 e. The van der Waals surface area contributed by atoms with Crippen LogP contribution in [0.15, 0.2) is 41.2 Å². The molecule has 0 aliphatic carbocycles. The van der Waals surface area contributed by atoms with Crippen LogP contribution in [0.25, 0.3) is 11.5 Å². The van der Waals surface area contributed by atoms with Gasteiger partial charge < -0.3 is 14.6 Å². The Balaban J connectivity index is 1.76. The predicted octanol–water partition coefficient (Wildman–Crippen LogP) is 4.44. The first-order chi connectivity index (χ1) is 13.0. The lowest BCUT2D eigenvalue weighted by Crippen LogP contribution is -2.17. The van der Waals surface area contributed by atoms with Gasteiger partial charge in [-0.2, -0.15) is 0 Å². The molecule has 0 radical (unpaired) electrons. The molecular formula is C18H18ClN5O3. The molecule has 2 N–H and O–H groups in total. The van der Waals surface area contributed by atoms with Gasteiger partial charge in [0.25, 0.3) is 0 Å². The average molecular weight is 388 g/mol. The van der Waals surface area contributed by atoms with Crippen molar-refractivity contribution in [2.75, 3.05) is 17.7 Å². The standard InChI is InChI=1S/C18H18ClN5O3/c1-10-15(16(27-24-10)14-7-6-12(20-3)9-22-14)23-18(25)26-11(2)13-5-4-8-21-17(13)19/h4-9,11,20H,1-3H3,(H,23,25)/t11-/m1/s1. The topological polar surface area (TPSA) is 102 Å². The first-order valence-electron chi connectivity index (χ1n) is 8.18. The molecule has 140 valence electrons. The molecule has 1 atom stereocenters. The van der Waals surface area contributed by atoms with Crippen LogP contribution >= 0.6 is 11.6 Å². The zero-order chi connectivity index (χ0) is 19.4. The lowest BCUT2D eigenvalue weighted by Gasteiger charge is -2.15. The highest BCUT2D eigenvalue weighted by Crippen LogP contribution is 2.31. The minimum absolute atomic E-state index is 0.286. The molecule has 3 aromatic heterocycles. The molecule has 9 heteroatoms. The number of nitrogens with zero attached hydrogens (tertiary/aromatic N) is 3. The van der Waals surface area contributed by atoms with Gasteiger partial charge in [0.1, 0.15) is 28.3 Å². The van der Waals surface area contributed by atoms with Gasteiger partial charge in [-0.1, -0.05) is 22.8 Å². The maximum atomic E-state index is 12.3. The van der Waals surface area contributed by atoms with Gasteiger partial charge in [0.15, 0.2) is 0 Å². The zero-order valence-electron chi connectivity index (χ0n) is 15.0. The van der Waals surface area contributed by atoms with Crippen LogP contribution in [0.2, 0.25) is 5.15 Å². The number of anilines is 2. The van der Waals surface area contributed by atoms with Crippen LogP contribution in [0, 0.1) is 6.92 Å². The summed E-state index contributed by atoms with van der Waals surface area (Å²) >= 11 is 6.04. The van der Waals surface area contributed by atoms with E-state index in [1.54, 1.807) is 51.5 Å². The van der Waals surface area contributed by atoms with Gasteiger partial charge >= 0.3 is 6.09 Å². The van der Waals surface area contributed by atoms with Crippen LogP contribution in [0.5, 0.6) is 0 Å². The Morgan fingerprint density at radius 3 is 2.78 bits per heavy atom. The van der Waals surface area contributed by atoms with E-state index in [2.05, 4.69) is 25.8 Å². The van der Waals surface area contributed by atoms with Crippen LogP contribution in [0.3, 0.4) is 0 Å². The largest absolute Gasteiger partial charge is 0.441 e. The van der Waals surface area contributed by atoms with E-state index in [0.717, 1.165) is 5.69 Å². The number of hydrogen-bond donors (Lipinski definition) is 2. The first kappa shape index (κ1) is 18.7. The maximum absolute atomic E-state index is 12.3. The van der Waals surface area contributed by atoms with Gasteiger partial charge in [-0.3, -0.25) is 10.3 Å². The number of rotatable bonds is 5. The summed E-state index contributed by atoms with van der Waals surface area (Å²) in [6.45, 7) is 3.42. The van der Waals surface area contributed by atoms with Gasteiger partial charge in [0.05, 0.1) is 11.9 Å².